The van der Waals surface area contributed by atoms with E-state index in [0.29, 0.717) is 6.04 Å². The molecule has 1 atom stereocenters. The van der Waals surface area contributed by atoms with Gasteiger partial charge in [0.1, 0.15) is 6.10 Å². The Hall–Kier alpha value is -2.51. The molecule has 3 fully saturated rings. The van der Waals surface area contributed by atoms with E-state index in [0.717, 1.165) is 44.8 Å². The van der Waals surface area contributed by atoms with Gasteiger partial charge < -0.3 is 24.7 Å². The average Bonchev–Trinajstić information content (AvgIpc) is 3.18. The number of pyridine rings is 1. The van der Waals surface area contributed by atoms with Gasteiger partial charge in [-0.1, -0.05) is 44.9 Å². The Morgan fingerprint density at radius 1 is 1.00 bits per heavy atom. The number of nitrogens with zero attached hydrogens (tertiary/aromatic N) is 3. The van der Waals surface area contributed by atoms with Gasteiger partial charge in [-0.15, -0.1) is 0 Å². The number of aromatic nitrogens is 1. The van der Waals surface area contributed by atoms with Gasteiger partial charge in [0.05, 0.1) is 6.54 Å². The van der Waals surface area contributed by atoms with Gasteiger partial charge in [-0.2, -0.15) is 0 Å². The Morgan fingerprint density at radius 3 is 2.28 bits per heavy atom. The average molecular weight is 448 g/mol. The van der Waals surface area contributed by atoms with Gasteiger partial charge in [-0.25, -0.2) is 9.59 Å². The first kappa shape index (κ1) is 24.1. The maximum Gasteiger partial charge on any atom is 0.503 e. The quantitative estimate of drug-likeness (QED) is 0.551. The third-order valence-corrected chi connectivity index (χ3v) is 6.95. The van der Waals surface area contributed by atoms with E-state index >= 15 is 0 Å². The molecule has 8 nitrogen and oxygen atoms in total. The van der Waals surface area contributed by atoms with Crippen LogP contribution in [0.3, 0.4) is 0 Å². The van der Waals surface area contributed by atoms with E-state index in [1.54, 1.807) is 0 Å². The Labute approximate surface area is 190 Å². The molecule has 2 aliphatic heterocycles. The van der Waals surface area contributed by atoms with Crippen molar-refractivity contribution in [3.05, 3.63) is 24.5 Å². The van der Waals surface area contributed by atoms with Crippen molar-refractivity contribution in [3.63, 3.8) is 0 Å². The fourth-order valence-electron chi connectivity index (χ4n) is 5.26. The Morgan fingerprint density at radius 2 is 1.62 bits per heavy atom. The molecule has 0 bridgehead atoms. The predicted molar refractivity (Wildman–Crippen MR) is 122 cm³/mol. The number of hydrogen-bond acceptors (Lipinski definition) is 5. The molecule has 1 aliphatic carbocycles. The molecule has 2 N–H and O–H groups in total. The van der Waals surface area contributed by atoms with Crippen molar-refractivity contribution in [2.45, 2.75) is 82.8 Å². The third-order valence-electron chi connectivity index (χ3n) is 6.95. The van der Waals surface area contributed by atoms with Gasteiger partial charge in [0.2, 0.25) is 0 Å². The molecule has 178 valence electrons. The first-order chi connectivity index (χ1) is 15.5. The number of carboxylic acid groups (broad SMARTS) is 2. The molecule has 1 amide bonds. The standard InChI is InChI=1S/C23H35N3O2.CH2O3/c27-23-26(21-12-16-25(17-13-21)20-10-14-24-15-11-20)18-22(28-23)9-5-4-8-19-6-2-1-3-7-19;2-1(3)4/h10-11,14-15,19,21-22H,1-9,12-13,16-18H2;(H2,2,3,4). The van der Waals surface area contributed by atoms with Gasteiger partial charge in [0.15, 0.2) is 0 Å². The highest BCUT2D eigenvalue weighted by atomic mass is 16.6. The molecular formula is C24H37N3O5. The number of carbonyl (C=O) groups is 2. The Kier molecular flexibility index (Phi) is 9.43. The molecule has 32 heavy (non-hydrogen) atoms. The van der Waals surface area contributed by atoms with Crippen LogP contribution in [0.5, 0.6) is 0 Å². The second-order valence-corrected chi connectivity index (χ2v) is 9.15. The molecule has 3 aliphatic rings. The molecule has 1 aromatic heterocycles. The number of hydrogen-bond donors (Lipinski definition) is 2. The summed E-state index contributed by atoms with van der Waals surface area (Å²) < 4.78 is 5.70. The third kappa shape index (κ3) is 7.57. The number of amides is 1. The minimum atomic E-state index is -1.83. The van der Waals surface area contributed by atoms with Crippen molar-refractivity contribution in [1.29, 1.82) is 0 Å². The highest BCUT2D eigenvalue weighted by Crippen LogP contribution is 2.29. The van der Waals surface area contributed by atoms with Crippen molar-refractivity contribution < 1.29 is 24.5 Å². The fourth-order valence-corrected chi connectivity index (χ4v) is 5.26. The van der Waals surface area contributed by atoms with Crippen LogP contribution >= 0.6 is 0 Å². The molecule has 0 spiro atoms. The molecule has 1 unspecified atom stereocenters. The highest BCUT2D eigenvalue weighted by molar-refractivity contribution is 5.70. The monoisotopic (exact) mass is 447 g/mol. The number of carbonyl (C=O) groups excluding carboxylic acids is 1. The van der Waals surface area contributed by atoms with E-state index in [2.05, 4.69) is 22.0 Å². The predicted octanol–water partition coefficient (Wildman–Crippen LogP) is 5.23. The van der Waals surface area contributed by atoms with Crippen LogP contribution in [0.4, 0.5) is 15.3 Å². The van der Waals surface area contributed by atoms with Crippen LogP contribution in [0.1, 0.15) is 70.6 Å². The summed E-state index contributed by atoms with van der Waals surface area (Å²) in [4.78, 5) is 29.5. The second kappa shape index (κ2) is 12.5. The maximum absolute atomic E-state index is 12.4. The highest BCUT2D eigenvalue weighted by Gasteiger charge is 2.37. The van der Waals surface area contributed by atoms with Crippen LogP contribution in [0, 0.1) is 5.92 Å². The lowest BCUT2D eigenvalue weighted by Crippen LogP contribution is -2.45. The van der Waals surface area contributed by atoms with Crippen LogP contribution in [-0.4, -0.2) is 64.1 Å². The summed E-state index contributed by atoms with van der Waals surface area (Å²) in [6, 6.07) is 4.46. The fraction of sp³-hybridized carbons (Fsp3) is 0.708. The van der Waals surface area contributed by atoms with Crippen LogP contribution in [0.15, 0.2) is 24.5 Å². The number of rotatable bonds is 7. The minimum absolute atomic E-state index is 0.0837. The smallest absolute Gasteiger partial charge is 0.450 e. The number of anilines is 1. The van der Waals surface area contributed by atoms with Crippen molar-refractivity contribution in [1.82, 2.24) is 9.88 Å². The first-order valence-electron chi connectivity index (χ1n) is 12.1. The van der Waals surface area contributed by atoms with E-state index < -0.39 is 6.16 Å². The number of cyclic esters (lactones) is 1. The maximum atomic E-state index is 12.4. The van der Waals surface area contributed by atoms with E-state index in [1.165, 1.54) is 57.1 Å². The van der Waals surface area contributed by atoms with Crippen molar-refractivity contribution in [2.75, 3.05) is 24.5 Å². The van der Waals surface area contributed by atoms with Gasteiger partial charge in [-0.05, 0) is 43.7 Å². The lowest BCUT2D eigenvalue weighted by molar-refractivity contribution is 0.121. The van der Waals surface area contributed by atoms with Gasteiger partial charge in [0, 0.05) is 37.2 Å². The molecule has 0 radical (unpaired) electrons. The van der Waals surface area contributed by atoms with Crippen LogP contribution < -0.4 is 4.90 Å². The summed E-state index contributed by atoms with van der Waals surface area (Å²) in [6.45, 7) is 2.78. The largest absolute Gasteiger partial charge is 0.503 e. The molecular weight excluding hydrogens is 410 g/mol. The number of piperidine rings is 1. The summed E-state index contributed by atoms with van der Waals surface area (Å²) in [7, 11) is 0. The first-order valence-corrected chi connectivity index (χ1v) is 12.1. The molecule has 8 heteroatoms. The molecule has 1 saturated carbocycles. The molecule has 4 rings (SSSR count). The molecule has 1 aromatic rings. The lowest BCUT2D eigenvalue weighted by Gasteiger charge is -2.36. The molecule has 2 saturated heterocycles. The van der Waals surface area contributed by atoms with E-state index in [-0.39, 0.29) is 12.2 Å². The van der Waals surface area contributed by atoms with E-state index in [9.17, 15) is 4.79 Å². The van der Waals surface area contributed by atoms with Gasteiger partial charge in [-0.3, -0.25) is 4.98 Å². The van der Waals surface area contributed by atoms with E-state index in [4.69, 9.17) is 19.7 Å². The van der Waals surface area contributed by atoms with Crippen molar-refractivity contribution >= 4 is 17.9 Å². The normalized spacial score (nSPS) is 22.2. The van der Waals surface area contributed by atoms with Crippen molar-refractivity contribution in [3.8, 4) is 0 Å². The van der Waals surface area contributed by atoms with Gasteiger partial charge >= 0.3 is 12.2 Å². The van der Waals surface area contributed by atoms with Crippen LogP contribution in [-0.2, 0) is 4.74 Å². The number of unbranched alkanes of at least 4 members (excludes halogenated alkanes) is 1. The Balaban J connectivity index is 0.000000668. The van der Waals surface area contributed by atoms with Crippen LogP contribution in [0.2, 0.25) is 0 Å². The summed E-state index contributed by atoms with van der Waals surface area (Å²) in [5.41, 5.74) is 1.23. The molecule has 3 heterocycles. The summed E-state index contributed by atoms with van der Waals surface area (Å²) >= 11 is 0. The van der Waals surface area contributed by atoms with Crippen LogP contribution in [0.25, 0.3) is 0 Å². The summed E-state index contributed by atoms with van der Waals surface area (Å²) in [5.74, 6) is 0.960. The SMILES string of the molecule is O=C(O)O.O=C1OC(CCCCC2CCCCC2)CN1C1CCN(c2ccncc2)CC1. The van der Waals surface area contributed by atoms with Crippen molar-refractivity contribution in [2.24, 2.45) is 5.92 Å². The van der Waals surface area contributed by atoms with E-state index in [1.807, 2.05) is 17.3 Å². The summed E-state index contributed by atoms with van der Waals surface area (Å²) in [6.07, 6.45) is 16.0. The summed E-state index contributed by atoms with van der Waals surface area (Å²) in [5, 5.41) is 13.9. The van der Waals surface area contributed by atoms with Gasteiger partial charge in [0.25, 0.3) is 0 Å². The number of ether oxygens (including phenoxy) is 1. The minimum Gasteiger partial charge on any atom is -0.450 e. The Bertz CT molecular complexity index is 699. The topological polar surface area (TPSA) is 103 Å². The zero-order valence-electron chi connectivity index (χ0n) is 18.9. The molecule has 0 aromatic carbocycles. The zero-order valence-corrected chi connectivity index (χ0v) is 18.9. The second-order valence-electron chi connectivity index (χ2n) is 9.15. The zero-order chi connectivity index (χ0) is 22.8. The lowest BCUT2D eigenvalue weighted by atomic mass is 9.85.